The highest BCUT2D eigenvalue weighted by molar-refractivity contribution is 6.12. The molecule has 0 atom stereocenters. The van der Waals surface area contributed by atoms with Gasteiger partial charge in [0.2, 0.25) is 0 Å². The number of esters is 1. The second-order valence-corrected chi connectivity index (χ2v) is 5.21. The van der Waals surface area contributed by atoms with E-state index in [1.807, 2.05) is 13.1 Å². The molecular formula is C16H19N5O2. The Kier molecular flexibility index (Phi) is 4.38. The Hall–Kier alpha value is -2.67. The van der Waals surface area contributed by atoms with Crippen LogP contribution < -0.4 is 10.6 Å². The third-order valence-electron chi connectivity index (χ3n) is 3.71. The Morgan fingerprint density at radius 1 is 1.30 bits per heavy atom. The number of nitrogens with zero attached hydrogens (tertiary/aromatic N) is 2. The molecule has 7 heteroatoms. The van der Waals surface area contributed by atoms with Gasteiger partial charge in [0.05, 0.1) is 18.1 Å². The minimum atomic E-state index is -0.359. The summed E-state index contributed by atoms with van der Waals surface area (Å²) in [5.74, 6) is 0.435. The number of carbonyl (C=O) groups excluding carboxylic acids is 1. The topological polar surface area (TPSA) is 91.9 Å². The largest absolute Gasteiger partial charge is 0.465 e. The summed E-state index contributed by atoms with van der Waals surface area (Å²) in [6.07, 6.45) is 2.52. The van der Waals surface area contributed by atoms with Crippen molar-refractivity contribution in [1.82, 2.24) is 20.3 Å². The second kappa shape index (κ2) is 6.62. The van der Waals surface area contributed by atoms with Crippen molar-refractivity contribution < 1.29 is 9.53 Å². The van der Waals surface area contributed by atoms with Crippen LogP contribution in [0.25, 0.3) is 21.9 Å². The molecule has 0 bridgehead atoms. The molecule has 0 aliphatic rings. The van der Waals surface area contributed by atoms with E-state index in [1.165, 1.54) is 13.4 Å². The van der Waals surface area contributed by atoms with Gasteiger partial charge in [-0.3, -0.25) is 0 Å². The second-order valence-electron chi connectivity index (χ2n) is 5.21. The third-order valence-corrected chi connectivity index (χ3v) is 3.71. The summed E-state index contributed by atoms with van der Waals surface area (Å²) in [4.78, 5) is 23.5. The number of rotatable bonds is 6. The summed E-state index contributed by atoms with van der Waals surface area (Å²) >= 11 is 0. The van der Waals surface area contributed by atoms with E-state index in [4.69, 9.17) is 4.74 Å². The van der Waals surface area contributed by atoms with E-state index in [-0.39, 0.29) is 5.97 Å². The molecule has 3 rings (SSSR count). The van der Waals surface area contributed by atoms with Crippen molar-refractivity contribution in [1.29, 1.82) is 0 Å². The lowest BCUT2D eigenvalue weighted by atomic mass is 10.1. The number of ether oxygens (including phenoxy) is 1. The summed E-state index contributed by atoms with van der Waals surface area (Å²) in [6, 6.07) is 5.41. The third kappa shape index (κ3) is 2.95. The molecule has 3 aromatic rings. The minimum absolute atomic E-state index is 0.359. The van der Waals surface area contributed by atoms with E-state index in [0.29, 0.717) is 5.56 Å². The Balaban J connectivity index is 2.00. The van der Waals surface area contributed by atoms with Crippen LogP contribution in [0.2, 0.25) is 0 Å². The summed E-state index contributed by atoms with van der Waals surface area (Å²) in [6.45, 7) is 1.76. The van der Waals surface area contributed by atoms with Gasteiger partial charge in [0, 0.05) is 17.4 Å². The zero-order valence-corrected chi connectivity index (χ0v) is 13.1. The van der Waals surface area contributed by atoms with Gasteiger partial charge in [-0.1, -0.05) is 6.07 Å². The SMILES string of the molecule is CNCCCNc1ncnc2[nH]c3cc(C(=O)OC)ccc3c12. The Bertz CT molecular complexity index is 843. The molecule has 1 aromatic carbocycles. The van der Waals surface area contributed by atoms with Crippen LogP contribution in [0.5, 0.6) is 0 Å². The average Bonchev–Trinajstić information content (AvgIpc) is 2.96. The Morgan fingerprint density at radius 2 is 2.17 bits per heavy atom. The Morgan fingerprint density at radius 3 is 2.96 bits per heavy atom. The zero-order valence-electron chi connectivity index (χ0n) is 13.1. The number of H-pyrrole nitrogens is 1. The van der Waals surface area contributed by atoms with Crippen LogP contribution >= 0.6 is 0 Å². The fraction of sp³-hybridized carbons (Fsp3) is 0.312. The number of nitrogens with one attached hydrogen (secondary N) is 3. The van der Waals surface area contributed by atoms with Gasteiger partial charge in [-0.2, -0.15) is 0 Å². The molecule has 0 radical (unpaired) electrons. The standard InChI is InChI=1S/C16H19N5O2/c1-17-6-3-7-18-14-13-11-5-4-10(16(22)23-2)8-12(11)21-15(13)20-9-19-14/h4-5,8-9,17H,3,6-7H2,1-2H3,(H2,18,19,20,21). The number of fused-ring (bicyclic) bond motifs is 3. The number of anilines is 1. The molecule has 0 unspecified atom stereocenters. The zero-order chi connectivity index (χ0) is 16.2. The molecule has 7 nitrogen and oxygen atoms in total. The molecule has 0 spiro atoms. The highest BCUT2D eigenvalue weighted by Gasteiger charge is 2.13. The van der Waals surface area contributed by atoms with Crippen molar-refractivity contribution >= 4 is 33.7 Å². The van der Waals surface area contributed by atoms with Crippen LogP contribution in [-0.2, 0) is 4.74 Å². The molecule has 2 aromatic heterocycles. The van der Waals surface area contributed by atoms with Crippen molar-refractivity contribution in [3.05, 3.63) is 30.1 Å². The van der Waals surface area contributed by atoms with Crippen molar-refractivity contribution in [2.45, 2.75) is 6.42 Å². The van der Waals surface area contributed by atoms with E-state index in [0.717, 1.165) is 47.3 Å². The first-order valence-electron chi connectivity index (χ1n) is 7.48. The summed E-state index contributed by atoms with van der Waals surface area (Å²) < 4.78 is 4.76. The van der Waals surface area contributed by atoms with Crippen molar-refractivity contribution in [3.8, 4) is 0 Å². The molecule has 0 aliphatic carbocycles. The first-order chi connectivity index (χ1) is 11.2. The predicted octanol–water partition coefficient (Wildman–Crippen LogP) is 1.92. The van der Waals surface area contributed by atoms with Crippen molar-refractivity contribution in [2.75, 3.05) is 32.6 Å². The molecule has 0 saturated heterocycles. The molecule has 0 aliphatic heterocycles. The van der Waals surface area contributed by atoms with Crippen molar-refractivity contribution in [3.63, 3.8) is 0 Å². The highest BCUT2D eigenvalue weighted by atomic mass is 16.5. The smallest absolute Gasteiger partial charge is 0.337 e. The van der Waals surface area contributed by atoms with Crippen LogP contribution in [-0.4, -0.2) is 48.2 Å². The molecule has 23 heavy (non-hydrogen) atoms. The highest BCUT2D eigenvalue weighted by Crippen LogP contribution is 2.29. The summed E-state index contributed by atoms with van der Waals surface area (Å²) in [5, 5.41) is 8.37. The maximum atomic E-state index is 11.7. The number of methoxy groups -OCH3 is 1. The van der Waals surface area contributed by atoms with Gasteiger partial charge >= 0.3 is 5.97 Å². The first-order valence-corrected chi connectivity index (χ1v) is 7.48. The summed E-state index contributed by atoms with van der Waals surface area (Å²) in [5.41, 5.74) is 2.08. The fourth-order valence-corrected chi connectivity index (χ4v) is 2.58. The summed E-state index contributed by atoms with van der Waals surface area (Å²) in [7, 11) is 3.30. The Labute approximate surface area is 133 Å². The van der Waals surface area contributed by atoms with E-state index >= 15 is 0 Å². The number of hydrogen-bond acceptors (Lipinski definition) is 6. The molecule has 3 N–H and O–H groups in total. The quantitative estimate of drug-likeness (QED) is 0.476. The molecule has 120 valence electrons. The van der Waals surface area contributed by atoms with Gasteiger partial charge in [-0.05, 0) is 32.1 Å². The van der Waals surface area contributed by atoms with Gasteiger partial charge in [0.15, 0.2) is 0 Å². The van der Waals surface area contributed by atoms with Crippen LogP contribution in [0.4, 0.5) is 5.82 Å². The number of carbonyl (C=O) groups is 1. The van der Waals surface area contributed by atoms with Gasteiger partial charge in [0.25, 0.3) is 0 Å². The number of benzene rings is 1. The average molecular weight is 313 g/mol. The normalized spacial score (nSPS) is 11.0. The van der Waals surface area contributed by atoms with Crippen LogP contribution in [0.15, 0.2) is 24.5 Å². The van der Waals surface area contributed by atoms with Crippen LogP contribution in [0.1, 0.15) is 16.8 Å². The number of aromatic amines is 1. The lowest BCUT2D eigenvalue weighted by Crippen LogP contribution is -2.13. The molecule has 0 amide bonds. The fourth-order valence-electron chi connectivity index (χ4n) is 2.58. The van der Waals surface area contributed by atoms with Gasteiger partial charge < -0.3 is 20.4 Å². The molecular weight excluding hydrogens is 294 g/mol. The van der Waals surface area contributed by atoms with E-state index < -0.39 is 0 Å². The first kappa shape index (κ1) is 15.2. The van der Waals surface area contributed by atoms with E-state index in [9.17, 15) is 4.79 Å². The lowest BCUT2D eigenvalue weighted by molar-refractivity contribution is 0.0601. The molecule has 0 fully saturated rings. The number of hydrogen-bond donors (Lipinski definition) is 3. The molecule has 0 saturated carbocycles. The predicted molar refractivity (Wildman–Crippen MR) is 89.8 cm³/mol. The maximum absolute atomic E-state index is 11.7. The van der Waals surface area contributed by atoms with Crippen LogP contribution in [0.3, 0.4) is 0 Å². The van der Waals surface area contributed by atoms with Gasteiger partial charge in [0.1, 0.15) is 17.8 Å². The minimum Gasteiger partial charge on any atom is -0.465 e. The van der Waals surface area contributed by atoms with Crippen LogP contribution in [0, 0.1) is 0 Å². The van der Waals surface area contributed by atoms with Gasteiger partial charge in [-0.25, -0.2) is 14.8 Å². The maximum Gasteiger partial charge on any atom is 0.337 e. The van der Waals surface area contributed by atoms with Gasteiger partial charge in [-0.15, -0.1) is 0 Å². The van der Waals surface area contributed by atoms with E-state index in [2.05, 4.69) is 25.6 Å². The van der Waals surface area contributed by atoms with Crippen molar-refractivity contribution in [2.24, 2.45) is 0 Å². The lowest BCUT2D eigenvalue weighted by Gasteiger charge is -2.06. The van der Waals surface area contributed by atoms with E-state index in [1.54, 1.807) is 12.1 Å². The molecule has 2 heterocycles. The number of aromatic nitrogens is 3. The monoisotopic (exact) mass is 313 g/mol.